The SMILES string of the molecule is CCOC(=O)C1=C(CN(C)[C@@H](C)c2cccc([N+](=O)[O-])c2)NC(=O)N[C@@H]1c1ccco1. The number of hydrogen-bond donors (Lipinski definition) is 2. The normalized spacial score (nSPS) is 17.2. The summed E-state index contributed by atoms with van der Waals surface area (Å²) in [5.74, 6) is -0.160. The van der Waals surface area contributed by atoms with E-state index in [9.17, 15) is 19.7 Å². The highest BCUT2D eigenvalue weighted by Crippen LogP contribution is 2.30. The fourth-order valence-corrected chi connectivity index (χ4v) is 3.40. The van der Waals surface area contributed by atoms with E-state index in [1.165, 1.54) is 18.4 Å². The molecule has 2 aromatic rings. The number of non-ortho nitro benzene ring substituents is 1. The maximum atomic E-state index is 12.8. The van der Waals surface area contributed by atoms with Gasteiger partial charge in [-0.15, -0.1) is 0 Å². The first kappa shape index (κ1) is 22.0. The van der Waals surface area contributed by atoms with Crippen LogP contribution in [0.4, 0.5) is 10.5 Å². The molecule has 0 unspecified atom stereocenters. The number of amides is 2. The van der Waals surface area contributed by atoms with Crippen molar-refractivity contribution in [2.24, 2.45) is 0 Å². The molecule has 2 N–H and O–H groups in total. The molecule has 10 nitrogen and oxygen atoms in total. The number of likely N-dealkylation sites (N-methyl/N-ethyl adjacent to an activating group) is 1. The summed E-state index contributed by atoms with van der Waals surface area (Å²) in [5.41, 5.74) is 1.35. The first-order valence-electron chi connectivity index (χ1n) is 9.77. The van der Waals surface area contributed by atoms with Gasteiger partial charge in [-0.05, 0) is 38.6 Å². The van der Waals surface area contributed by atoms with E-state index in [1.807, 2.05) is 11.8 Å². The molecule has 0 bridgehead atoms. The van der Waals surface area contributed by atoms with Gasteiger partial charge in [0.15, 0.2) is 0 Å². The molecule has 2 amide bonds. The maximum Gasteiger partial charge on any atom is 0.338 e. The molecule has 0 saturated heterocycles. The molecule has 10 heteroatoms. The lowest BCUT2D eigenvalue weighted by molar-refractivity contribution is -0.384. The fourth-order valence-electron chi connectivity index (χ4n) is 3.40. The Morgan fingerprint density at radius 3 is 2.77 bits per heavy atom. The van der Waals surface area contributed by atoms with E-state index < -0.39 is 23.0 Å². The molecule has 0 radical (unpaired) electrons. The zero-order chi connectivity index (χ0) is 22.5. The van der Waals surface area contributed by atoms with Crippen LogP contribution in [0, 0.1) is 10.1 Å². The molecule has 1 aliphatic heterocycles. The summed E-state index contributed by atoms with van der Waals surface area (Å²) in [4.78, 5) is 37.6. The van der Waals surface area contributed by atoms with Crippen molar-refractivity contribution in [1.82, 2.24) is 15.5 Å². The van der Waals surface area contributed by atoms with Gasteiger partial charge in [0.2, 0.25) is 0 Å². The summed E-state index contributed by atoms with van der Waals surface area (Å²) in [6.45, 7) is 3.96. The van der Waals surface area contributed by atoms with E-state index in [2.05, 4.69) is 10.6 Å². The molecule has 2 atom stereocenters. The Kier molecular flexibility index (Phi) is 6.71. The predicted octanol–water partition coefficient (Wildman–Crippen LogP) is 3.05. The van der Waals surface area contributed by atoms with Crippen molar-refractivity contribution < 1.29 is 23.7 Å². The molecule has 0 spiro atoms. The number of benzene rings is 1. The van der Waals surface area contributed by atoms with Crippen LogP contribution in [0.25, 0.3) is 0 Å². The third-order valence-electron chi connectivity index (χ3n) is 5.11. The van der Waals surface area contributed by atoms with Gasteiger partial charge in [0, 0.05) is 30.4 Å². The lowest BCUT2D eigenvalue weighted by Gasteiger charge is -2.32. The third-order valence-corrected chi connectivity index (χ3v) is 5.11. The number of urea groups is 1. The molecule has 1 aromatic heterocycles. The van der Waals surface area contributed by atoms with Crippen LogP contribution in [0.5, 0.6) is 0 Å². The smallest absolute Gasteiger partial charge is 0.338 e. The Hall–Kier alpha value is -3.66. The molecular formula is C21H24N4O6. The zero-order valence-electron chi connectivity index (χ0n) is 17.5. The van der Waals surface area contributed by atoms with Crippen molar-refractivity contribution in [3.63, 3.8) is 0 Å². The molecular weight excluding hydrogens is 404 g/mol. The molecule has 1 aliphatic rings. The average Bonchev–Trinajstić information content (AvgIpc) is 3.27. The second-order valence-electron chi connectivity index (χ2n) is 7.10. The third kappa shape index (κ3) is 4.92. The molecule has 2 heterocycles. The van der Waals surface area contributed by atoms with Crippen molar-refractivity contribution in [2.75, 3.05) is 20.2 Å². The van der Waals surface area contributed by atoms with E-state index in [0.717, 1.165) is 5.56 Å². The molecule has 0 fully saturated rings. The van der Waals surface area contributed by atoms with Gasteiger partial charge in [-0.3, -0.25) is 15.0 Å². The quantitative estimate of drug-likeness (QED) is 0.376. The summed E-state index contributed by atoms with van der Waals surface area (Å²) in [6, 6.07) is 8.20. The number of ether oxygens (including phenoxy) is 1. The molecule has 3 rings (SSSR count). The number of nitrogens with zero attached hydrogens (tertiary/aromatic N) is 2. The molecule has 31 heavy (non-hydrogen) atoms. The van der Waals surface area contributed by atoms with Gasteiger partial charge in [-0.1, -0.05) is 12.1 Å². The lowest BCUT2D eigenvalue weighted by Crippen LogP contribution is -2.48. The standard InChI is InChI=1S/C21H24N4O6/c1-4-30-20(26)18-16(22-21(27)23-19(18)17-9-6-10-31-17)12-24(3)13(2)14-7-5-8-15(11-14)25(28)29/h5-11,13,19H,4,12H2,1-3H3,(H2,22,23,27)/t13-,19+/m0/s1. The second-order valence-corrected chi connectivity index (χ2v) is 7.10. The number of furan rings is 1. The van der Waals surface area contributed by atoms with Gasteiger partial charge in [-0.25, -0.2) is 9.59 Å². The number of nitrogens with one attached hydrogen (secondary N) is 2. The van der Waals surface area contributed by atoms with Crippen molar-refractivity contribution >= 4 is 17.7 Å². The Morgan fingerprint density at radius 2 is 2.13 bits per heavy atom. The average molecular weight is 428 g/mol. The molecule has 1 aromatic carbocycles. The van der Waals surface area contributed by atoms with Gasteiger partial charge in [0.1, 0.15) is 11.8 Å². The van der Waals surface area contributed by atoms with Gasteiger partial charge in [0.05, 0.1) is 23.4 Å². The number of carbonyl (C=O) groups is 2. The summed E-state index contributed by atoms with van der Waals surface area (Å²) >= 11 is 0. The van der Waals surface area contributed by atoms with Crippen LogP contribution < -0.4 is 10.6 Å². The van der Waals surface area contributed by atoms with Gasteiger partial charge >= 0.3 is 12.0 Å². The van der Waals surface area contributed by atoms with Crippen LogP contribution in [0.2, 0.25) is 0 Å². The minimum absolute atomic E-state index is 0.00256. The van der Waals surface area contributed by atoms with E-state index in [-0.39, 0.29) is 30.5 Å². The number of esters is 1. The van der Waals surface area contributed by atoms with Crippen molar-refractivity contribution in [3.05, 3.63) is 75.4 Å². The highest BCUT2D eigenvalue weighted by atomic mass is 16.6. The Bertz CT molecular complexity index is 1000. The number of hydrogen-bond acceptors (Lipinski definition) is 7. The largest absolute Gasteiger partial charge is 0.467 e. The van der Waals surface area contributed by atoms with Gasteiger partial charge in [0.25, 0.3) is 5.69 Å². The van der Waals surface area contributed by atoms with E-state index >= 15 is 0 Å². The number of nitro benzene ring substituents is 1. The Balaban J connectivity index is 1.93. The highest BCUT2D eigenvalue weighted by molar-refractivity contribution is 5.95. The first-order chi connectivity index (χ1) is 14.8. The number of nitro groups is 1. The minimum atomic E-state index is -0.792. The number of carbonyl (C=O) groups excluding carboxylic acids is 2. The van der Waals surface area contributed by atoms with Gasteiger partial charge < -0.3 is 19.8 Å². The van der Waals surface area contributed by atoms with Crippen LogP contribution in [-0.4, -0.2) is 42.0 Å². The molecule has 0 saturated carbocycles. The van der Waals surface area contributed by atoms with E-state index in [0.29, 0.717) is 11.5 Å². The van der Waals surface area contributed by atoms with Crippen LogP contribution in [-0.2, 0) is 9.53 Å². The fraction of sp³-hybridized carbons (Fsp3) is 0.333. The predicted molar refractivity (Wildman–Crippen MR) is 111 cm³/mol. The summed E-state index contributed by atoms with van der Waals surface area (Å²) in [5, 5.41) is 16.5. The molecule has 164 valence electrons. The van der Waals surface area contributed by atoms with Crippen LogP contribution in [0.15, 0.2) is 58.3 Å². The second kappa shape index (κ2) is 9.43. The number of rotatable bonds is 8. The topological polar surface area (TPSA) is 127 Å². The molecule has 0 aliphatic carbocycles. The van der Waals surface area contributed by atoms with Crippen LogP contribution >= 0.6 is 0 Å². The first-order valence-corrected chi connectivity index (χ1v) is 9.77. The van der Waals surface area contributed by atoms with Crippen molar-refractivity contribution in [2.45, 2.75) is 25.9 Å². The van der Waals surface area contributed by atoms with E-state index in [1.54, 1.807) is 38.2 Å². The Morgan fingerprint density at radius 1 is 1.35 bits per heavy atom. The zero-order valence-corrected chi connectivity index (χ0v) is 17.5. The van der Waals surface area contributed by atoms with Gasteiger partial charge in [-0.2, -0.15) is 0 Å². The van der Waals surface area contributed by atoms with E-state index in [4.69, 9.17) is 9.15 Å². The maximum absolute atomic E-state index is 12.8. The lowest BCUT2D eigenvalue weighted by atomic mass is 9.99. The minimum Gasteiger partial charge on any atom is -0.467 e. The monoisotopic (exact) mass is 428 g/mol. The van der Waals surface area contributed by atoms with Crippen LogP contribution in [0.1, 0.15) is 37.3 Å². The van der Waals surface area contributed by atoms with Crippen molar-refractivity contribution in [1.29, 1.82) is 0 Å². The highest BCUT2D eigenvalue weighted by Gasteiger charge is 2.36. The van der Waals surface area contributed by atoms with Crippen LogP contribution in [0.3, 0.4) is 0 Å². The Labute approximate surface area is 179 Å². The summed E-state index contributed by atoms with van der Waals surface area (Å²) < 4.78 is 10.6. The van der Waals surface area contributed by atoms with Crippen molar-refractivity contribution in [3.8, 4) is 0 Å². The summed E-state index contributed by atoms with van der Waals surface area (Å²) in [6.07, 6.45) is 1.46. The summed E-state index contributed by atoms with van der Waals surface area (Å²) in [7, 11) is 1.80.